The minimum atomic E-state index is -0.295. The van der Waals surface area contributed by atoms with Gasteiger partial charge in [-0.3, -0.25) is 4.79 Å². The highest BCUT2D eigenvalue weighted by Gasteiger charge is 2.28. The number of amides is 2. The average molecular weight is 549 g/mol. The number of hydrogen-bond donors (Lipinski definition) is 2. The number of nitrogens with one attached hydrogen (secondary N) is 1. The van der Waals surface area contributed by atoms with Gasteiger partial charge < -0.3 is 25.6 Å². The molecule has 40 heavy (non-hydrogen) atoms. The summed E-state index contributed by atoms with van der Waals surface area (Å²) in [6.45, 7) is 8.76. The zero-order valence-corrected chi connectivity index (χ0v) is 24.9. The molecule has 0 unspecified atom stereocenters. The molecule has 1 aliphatic heterocycles. The summed E-state index contributed by atoms with van der Waals surface area (Å²) in [7, 11) is 1.45. The number of nitrogens with two attached hydrogens (primary N) is 1. The molecule has 7 heteroatoms. The maximum absolute atomic E-state index is 13.0. The van der Waals surface area contributed by atoms with Gasteiger partial charge in [0.2, 0.25) is 5.91 Å². The zero-order chi connectivity index (χ0) is 28.7. The van der Waals surface area contributed by atoms with Gasteiger partial charge in [0, 0.05) is 38.1 Å². The highest BCUT2D eigenvalue weighted by Crippen LogP contribution is 2.34. The molecule has 0 bridgehead atoms. The van der Waals surface area contributed by atoms with Crippen LogP contribution < -0.4 is 16.0 Å². The summed E-state index contributed by atoms with van der Waals surface area (Å²) in [5.41, 5.74) is 11.1. The number of methoxy groups -OCH3 is 1. The third kappa shape index (κ3) is 8.23. The maximum Gasteiger partial charge on any atom is 0.410 e. The second kappa shape index (κ2) is 13.5. The Bertz CT molecular complexity index is 1140. The van der Waals surface area contributed by atoms with Gasteiger partial charge in [-0.15, -0.1) is 0 Å². The number of benzene rings is 2. The first-order valence-corrected chi connectivity index (χ1v) is 15.0. The number of carbonyl (C=O) groups excluding carboxylic acids is 2. The van der Waals surface area contributed by atoms with Gasteiger partial charge in [0.1, 0.15) is 0 Å². The summed E-state index contributed by atoms with van der Waals surface area (Å²) < 4.78 is 5.16. The molecule has 1 aliphatic carbocycles. The molecule has 7 nitrogen and oxygen atoms in total. The van der Waals surface area contributed by atoms with Gasteiger partial charge >= 0.3 is 6.09 Å². The minimum Gasteiger partial charge on any atom is -0.453 e. The van der Waals surface area contributed by atoms with Crippen molar-refractivity contribution in [2.75, 3.05) is 30.4 Å². The third-order valence-electron chi connectivity index (χ3n) is 8.11. The van der Waals surface area contributed by atoms with Crippen molar-refractivity contribution in [2.45, 2.75) is 97.2 Å². The van der Waals surface area contributed by atoms with E-state index in [9.17, 15) is 9.59 Å². The van der Waals surface area contributed by atoms with Crippen LogP contribution in [0.25, 0.3) is 11.1 Å². The smallest absolute Gasteiger partial charge is 0.410 e. The molecule has 1 saturated heterocycles. The quantitative estimate of drug-likeness (QED) is 0.391. The summed E-state index contributed by atoms with van der Waals surface area (Å²) in [5.74, 6) is 0.0374. The number of ether oxygens (including phenoxy) is 1. The van der Waals surface area contributed by atoms with Crippen LogP contribution >= 0.6 is 0 Å². The number of rotatable bonds is 7. The van der Waals surface area contributed by atoms with Crippen molar-refractivity contribution in [1.82, 2.24) is 4.90 Å². The Kier molecular flexibility index (Phi) is 10.1. The van der Waals surface area contributed by atoms with Crippen LogP contribution in [0.5, 0.6) is 0 Å². The highest BCUT2D eigenvalue weighted by molar-refractivity contribution is 5.96. The predicted molar refractivity (Wildman–Crippen MR) is 163 cm³/mol. The van der Waals surface area contributed by atoms with Gasteiger partial charge in [0.05, 0.1) is 18.5 Å². The van der Waals surface area contributed by atoms with Crippen molar-refractivity contribution in [3.63, 3.8) is 0 Å². The van der Waals surface area contributed by atoms with E-state index in [-0.39, 0.29) is 29.5 Å². The van der Waals surface area contributed by atoms with Gasteiger partial charge in [-0.1, -0.05) is 57.9 Å². The Labute approximate surface area is 240 Å². The number of hydrogen-bond acceptors (Lipinski definition) is 5. The van der Waals surface area contributed by atoms with Crippen LogP contribution in [-0.2, 0) is 16.1 Å². The standard InChI is InChI=1S/C33H48N4O3/c1-33(2,3)22-31(38)35-29-21-26(12-17-30(29)36-18-7-5-6-8-19-36)25-11-9-10-24(20-25)23-37(32(39)40-4)28-15-13-27(34)14-16-28/h9-12,17,20-21,27-28H,5-8,13-16,18-19,22-23,34H2,1-4H3,(H,35,38). The topological polar surface area (TPSA) is 87.9 Å². The lowest BCUT2D eigenvalue weighted by Gasteiger charge is -2.35. The van der Waals surface area contributed by atoms with Crippen LogP contribution in [0.2, 0.25) is 0 Å². The second-order valence-electron chi connectivity index (χ2n) is 12.8. The molecule has 0 atom stereocenters. The Balaban J connectivity index is 1.61. The molecule has 0 aromatic heterocycles. The molecule has 0 spiro atoms. The molecule has 4 rings (SSSR count). The first-order chi connectivity index (χ1) is 19.1. The first kappa shape index (κ1) is 29.9. The van der Waals surface area contributed by atoms with E-state index in [2.05, 4.69) is 67.4 Å². The van der Waals surface area contributed by atoms with E-state index in [0.717, 1.165) is 66.8 Å². The van der Waals surface area contributed by atoms with E-state index < -0.39 is 0 Å². The Morgan fingerprint density at radius 1 is 0.975 bits per heavy atom. The predicted octanol–water partition coefficient (Wildman–Crippen LogP) is 6.95. The van der Waals surface area contributed by atoms with Crippen molar-refractivity contribution in [3.8, 4) is 11.1 Å². The van der Waals surface area contributed by atoms with E-state index in [4.69, 9.17) is 10.5 Å². The van der Waals surface area contributed by atoms with Crippen LogP contribution in [0.3, 0.4) is 0 Å². The lowest BCUT2D eigenvalue weighted by atomic mass is 9.90. The van der Waals surface area contributed by atoms with Crippen LogP contribution in [0.1, 0.15) is 84.1 Å². The molecule has 1 heterocycles. The van der Waals surface area contributed by atoms with E-state index in [1.165, 1.54) is 32.8 Å². The monoisotopic (exact) mass is 548 g/mol. The van der Waals surface area contributed by atoms with E-state index in [1.54, 1.807) is 0 Å². The molecule has 2 aromatic rings. The highest BCUT2D eigenvalue weighted by atomic mass is 16.5. The fourth-order valence-electron chi connectivity index (χ4n) is 6.00. The van der Waals surface area contributed by atoms with Crippen molar-refractivity contribution in [1.29, 1.82) is 0 Å². The van der Waals surface area contributed by atoms with Crippen LogP contribution in [0, 0.1) is 5.41 Å². The molecular formula is C33H48N4O3. The Morgan fingerprint density at radius 2 is 1.65 bits per heavy atom. The van der Waals surface area contributed by atoms with Crippen molar-refractivity contribution in [3.05, 3.63) is 48.0 Å². The normalized spacial score (nSPS) is 20.0. The van der Waals surface area contributed by atoms with Crippen molar-refractivity contribution in [2.24, 2.45) is 11.1 Å². The van der Waals surface area contributed by atoms with Gasteiger partial charge in [-0.25, -0.2) is 4.79 Å². The molecule has 3 N–H and O–H groups in total. The van der Waals surface area contributed by atoms with Gasteiger partial charge in [-0.2, -0.15) is 0 Å². The van der Waals surface area contributed by atoms with Crippen LogP contribution in [0.15, 0.2) is 42.5 Å². The van der Waals surface area contributed by atoms with Gasteiger partial charge in [-0.05, 0) is 78.8 Å². The summed E-state index contributed by atoms with van der Waals surface area (Å²) in [4.78, 5) is 30.0. The molecule has 2 aliphatic rings. The van der Waals surface area contributed by atoms with Crippen molar-refractivity contribution >= 4 is 23.4 Å². The summed E-state index contributed by atoms with van der Waals surface area (Å²) in [6, 6.07) is 15.1. The van der Waals surface area contributed by atoms with E-state index in [1.807, 2.05) is 11.0 Å². The molecule has 0 radical (unpaired) electrons. The summed E-state index contributed by atoms with van der Waals surface area (Å²) >= 11 is 0. The van der Waals surface area contributed by atoms with Crippen LogP contribution in [0.4, 0.5) is 16.2 Å². The van der Waals surface area contributed by atoms with Crippen LogP contribution in [-0.4, -0.2) is 49.2 Å². The Hall–Kier alpha value is -3.06. The van der Waals surface area contributed by atoms with Gasteiger partial charge in [0.25, 0.3) is 0 Å². The number of nitrogens with zero attached hydrogens (tertiary/aromatic N) is 2. The fourth-order valence-corrected chi connectivity index (χ4v) is 6.00. The average Bonchev–Trinajstić information content (AvgIpc) is 3.20. The maximum atomic E-state index is 13.0. The van der Waals surface area contributed by atoms with E-state index in [0.29, 0.717) is 13.0 Å². The summed E-state index contributed by atoms with van der Waals surface area (Å²) in [6.07, 6.45) is 8.64. The molecule has 1 saturated carbocycles. The lowest BCUT2D eigenvalue weighted by molar-refractivity contribution is -0.117. The molecule has 2 aromatic carbocycles. The SMILES string of the molecule is COC(=O)N(Cc1cccc(-c2ccc(N3CCCCCC3)c(NC(=O)CC(C)(C)C)c2)c1)C1CCC(N)CC1. The number of anilines is 2. The molecule has 2 amide bonds. The minimum absolute atomic E-state index is 0.0374. The van der Waals surface area contributed by atoms with Gasteiger partial charge in [0.15, 0.2) is 0 Å². The Morgan fingerprint density at radius 3 is 2.30 bits per heavy atom. The summed E-state index contributed by atoms with van der Waals surface area (Å²) in [5, 5.41) is 3.25. The zero-order valence-electron chi connectivity index (χ0n) is 24.9. The lowest BCUT2D eigenvalue weighted by Crippen LogP contribution is -2.43. The third-order valence-corrected chi connectivity index (χ3v) is 8.11. The molecular weight excluding hydrogens is 500 g/mol. The van der Waals surface area contributed by atoms with E-state index >= 15 is 0 Å². The molecule has 2 fully saturated rings. The number of carbonyl (C=O) groups is 2. The molecule has 218 valence electrons. The fraction of sp³-hybridized carbons (Fsp3) is 0.576. The first-order valence-electron chi connectivity index (χ1n) is 15.0. The largest absolute Gasteiger partial charge is 0.453 e. The van der Waals surface area contributed by atoms with Crippen molar-refractivity contribution < 1.29 is 14.3 Å². The second-order valence-corrected chi connectivity index (χ2v) is 12.8.